The van der Waals surface area contributed by atoms with Crippen molar-refractivity contribution in [1.82, 2.24) is 9.03 Å². The number of carboxylic acid groups (broad SMARTS) is 1. The average Bonchev–Trinajstić information content (AvgIpc) is 2.36. The quantitative estimate of drug-likeness (QED) is 0.725. The molecule has 1 rings (SSSR count). The molecule has 0 saturated carbocycles. The molecule has 0 aromatic rings. The normalized spacial score (nSPS) is 20.3. The van der Waals surface area contributed by atoms with Crippen LogP contribution in [0.5, 0.6) is 0 Å². The minimum Gasteiger partial charge on any atom is -0.481 e. The lowest BCUT2D eigenvalue weighted by Gasteiger charge is -2.30. The van der Waals surface area contributed by atoms with Crippen LogP contribution in [0.4, 0.5) is 0 Å². The summed E-state index contributed by atoms with van der Waals surface area (Å²) >= 11 is 1.68. The molecular formula is C11H22N2O4S2. The molecule has 0 aromatic carbocycles. The van der Waals surface area contributed by atoms with Gasteiger partial charge < -0.3 is 5.11 Å². The molecule has 1 aliphatic rings. The highest BCUT2D eigenvalue weighted by atomic mass is 32.2. The Labute approximate surface area is 119 Å². The fraction of sp³-hybridized carbons (Fsp3) is 0.909. The summed E-state index contributed by atoms with van der Waals surface area (Å²) in [5, 5.41) is 8.88. The van der Waals surface area contributed by atoms with Gasteiger partial charge in [-0.3, -0.25) is 4.79 Å². The molecule has 0 spiro atoms. The van der Waals surface area contributed by atoms with E-state index in [2.05, 4.69) is 4.72 Å². The molecule has 2 N–H and O–H groups in total. The van der Waals surface area contributed by atoms with Crippen LogP contribution in [-0.2, 0) is 15.0 Å². The standard InChI is InChI=1S/C11H22N2O4S2/c1-3-18-8-9(2)12-19(16,17)13-6-4-10(5-7-13)11(14)15/h9-10,12H,3-8H2,1-2H3,(H,14,15). The second-order valence-electron chi connectivity index (χ2n) is 4.69. The number of nitrogens with zero attached hydrogens (tertiary/aromatic N) is 1. The van der Waals surface area contributed by atoms with Crippen molar-refractivity contribution in [2.75, 3.05) is 24.6 Å². The number of piperidine rings is 1. The lowest BCUT2D eigenvalue weighted by molar-refractivity contribution is -0.142. The lowest BCUT2D eigenvalue weighted by Crippen LogP contribution is -2.48. The van der Waals surface area contributed by atoms with Crippen molar-refractivity contribution in [3.63, 3.8) is 0 Å². The molecule has 1 aliphatic heterocycles. The number of aliphatic carboxylic acids is 1. The van der Waals surface area contributed by atoms with Crippen LogP contribution in [0.15, 0.2) is 0 Å². The van der Waals surface area contributed by atoms with E-state index >= 15 is 0 Å². The van der Waals surface area contributed by atoms with Crippen LogP contribution in [0.2, 0.25) is 0 Å². The SMILES string of the molecule is CCSCC(C)NS(=O)(=O)N1CCC(C(=O)O)CC1. The molecule has 1 fully saturated rings. The van der Waals surface area contributed by atoms with Crippen LogP contribution in [-0.4, -0.2) is 54.4 Å². The summed E-state index contributed by atoms with van der Waals surface area (Å²) < 4.78 is 28.2. The number of carbonyl (C=O) groups is 1. The Morgan fingerprint density at radius 1 is 1.47 bits per heavy atom. The number of carboxylic acids is 1. The van der Waals surface area contributed by atoms with Gasteiger partial charge in [0.25, 0.3) is 10.2 Å². The first-order valence-electron chi connectivity index (χ1n) is 6.44. The molecule has 1 saturated heterocycles. The number of nitrogens with one attached hydrogen (secondary N) is 1. The fourth-order valence-electron chi connectivity index (χ4n) is 2.00. The van der Waals surface area contributed by atoms with Crippen molar-refractivity contribution >= 4 is 27.9 Å². The van der Waals surface area contributed by atoms with E-state index in [0.29, 0.717) is 12.8 Å². The third-order valence-corrected chi connectivity index (χ3v) is 5.95. The van der Waals surface area contributed by atoms with Crippen LogP contribution in [0.3, 0.4) is 0 Å². The first-order chi connectivity index (χ1) is 8.86. The average molecular weight is 310 g/mol. The van der Waals surface area contributed by atoms with Gasteiger partial charge in [-0.2, -0.15) is 29.2 Å². The van der Waals surface area contributed by atoms with E-state index in [1.54, 1.807) is 11.8 Å². The van der Waals surface area contributed by atoms with Gasteiger partial charge in [0.1, 0.15) is 0 Å². The first kappa shape index (κ1) is 16.7. The molecule has 1 unspecified atom stereocenters. The Bertz CT molecular complexity index is 391. The molecule has 6 nitrogen and oxygen atoms in total. The number of hydrogen-bond donors (Lipinski definition) is 2. The van der Waals surface area contributed by atoms with E-state index in [9.17, 15) is 13.2 Å². The second-order valence-corrected chi connectivity index (χ2v) is 7.72. The molecule has 112 valence electrons. The highest BCUT2D eigenvalue weighted by Crippen LogP contribution is 2.19. The van der Waals surface area contributed by atoms with Gasteiger partial charge in [-0.25, -0.2) is 0 Å². The summed E-state index contributed by atoms with van der Waals surface area (Å²) in [6, 6.07) is -0.118. The maximum absolute atomic E-state index is 12.1. The summed E-state index contributed by atoms with van der Waals surface area (Å²) in [7, 11) is -3.49. The predicted octanol–water partition coefficient (Wildman–Crippen LogP) is 0.759. The van der Waals surface area contributed by atoms with E-state index in [0.717, 1.165) is 11.5 Å². The third kappa shape index (κ3) is 5.29. The van der Waals surface area contributed by atoms with E-state index in [4.69, 9.17) is 5.11 Å². The number of rotatable bonds is 7. The molecule has 0 aromatic heterocycles. The van der Waals surface area contributed by atoms with Crippen molar-refractivity contribution in [1.29, 1.82) is 0 Å². The van der Waals surface area contributed by atoms with Gasteiger partial charge in [0, 0.05) is 24.9 Å². The van der Waals surface area contributed by atoms with Crippen LogP contribution in [0.1, 0.15) is 26.7 Å². The van der Waals surface area contributed by atoms with Crippen molar-refractivity contribution in [2.45, 2.75) is 32.7 Å². The van der Waals surface area contributed by atoms with Crippen molar-refractivity contribution in [3.8, 4) is 0 Å². The summed E-state index contributed by atoms with van der Waals surface area (Å²) in [6.45, 7) is 4.42. The van der Waals surface area contributed by atoms with E-state index in [1.165, 1.54) is 4.31 Å². The van der Waals surface area contributed by atoms with Crippen molar-refractivity contribution < 1.29 is 18.3 Å². The maximum Gasteiger partial charge on any atom is 0.306 e. The minimum atomic E-state index is -3.49. The van der Waals surface area contributed by atoms with E-state index in [1.807, 2.05) is 13.8 Å². The van der Waals surface area contributed by atoms with Gasteiger partial charge in [-0.05, 0) is 25.5 Å². The van der Waals surface area contributed by atoms with Gasteiger partial charge in [0.2, 0.25) is 0 Å². The summed E-state index contributed by atoms with van der Waals surface area (Å²) in [5.74, 6) is 0.439. The zero-order valence-corrected chi connectivity index (χ0v) is 13.0. The smallest absolute Gasteiger partial charge is 0.306 e. The number of hydrogen-bond acceptors (Lipinski definition) is 4. The lowest BCUT2D eigenvalue weighted by atomic mass is 9.99. The first-order valence-corrected chi connectivity index (χ1v) is 9.04. The molecule has 19 heavy (non-hydrogen) atoms. The Morgan fingerprint density at radius 2 is 2.05 bits per heavy atom. The Morgan fingerprint density at radius 3 is 2.53 bits per heavy atom. The summed E-state index contributed by atoms with van der Waals surface area (Å²) in [5.41, 5.74) is 0. The largest absolute Gasteiger partial charge is 0.481 e. The zero-order chi connectivity index (χ0) is 14.5. The maximum atomic E-state index is 12.1. The molecule has 0 amide bonds. The highest BCUT2D eigenvalue weighted by molar-refractivity contribution is 7.99. The Balaban J connectivity index is 2.48. The van der Waals surface area contributed by atoms with Gasteiger partial charge >= 0.3 is 5.97 Å². The second kappa shape index (κ2) is 7.47. The van der Waals surface area contributed by atoms with Gasteiger partial charge in [0.05, 0.1) is 5.92 Å². The zero-order valence-electron chi connectivity index (χ0n) is 11.3. The molecule has 1 heterocycles. The predicted molar refractivity (Wildman–Crippen MR) is 76.4 cm³/mol. The minimum absolute atomic E-state index is 0.118. The monoisotopic (exact) mass is 310 g/mol. The van der Waals surface area contributed by atoms with Crippen LogP contribution >= 0.6 is 11.8 Å². The van der Waals surface area contributed by atoms with Gasteiger partial charge in [0.15, 0.2) is 0 Å². The van der Waals surface area contributed by atoms with Crippen LogP contribution in [0.25, 0.3) is 0 Å². The van der Waals surface area contributed by atoms with Crippen LogP contribution in [0, 0.1) is 5.92 Å². The molecule has 8 heteroatoms. The van der Waals surface area contributed by atoms with E-state index < -0.39 is 22.1 Å². The molecular weight excluding hydrogens is 288 g/mol. The molecule has 0 radical (unpaired) electrons. The Hall–Kier alpha value is -0.310. The van der Waals surface area contributed by atoms with Gasteiger partial charge in [-0.15, -0.1) is 0 Å². The van der Waals surface area contributed by atoms with Crippen LogP contribution < -0.4 is 4.72 Å². The summed E-state index contributed by atoms with van der Waals surface area (Å²) in [4.78, 5) is 10.8. The number of thioether (sulfide) groups is 1. The molecule has 1 atom stereocenters. The molecule has 0 bridgehead atoms. The topological polar surface area (TPSA) is 86.7 Å². The van der Waals surface area contributed by atoms with Crippen molar-refractivity contribution in [2.24, 2.45) is 5.92 Å². The summed E-state index contributed by atoms with van der Waals surface area (Å²) in [6.07, 6.45) is 0.767. The van der Waals surface area contributed by atoms with E-state index in [-0.39, 0.29) is 19.1 Å². The van der Waals surface area contributed by atoms with Gasteiger partial charge in [-0.1, -0.05) is 6.92 Å². The molecule has 0 aliphatic carbocycles. The Kier molecular flexibility index (Phi) is 6.58. The van der Waals surface area contributed by atoms with Crippen molar-refractivity contribution in [3.05, 3.63) is 0 Å². The third-order valence-electron chi connectivity index (χ3n) is 3.07. The fourth-order valence-corrected chi connectivity index (χ4v) is 4.21. The highest BCUT2D eigenvalue weighted by Gasteiger charge is 2.31.